The molecule has 1 atom stereocenters. The third-order valence-electron chi connectivity index (χ3n) is 4.42. The summed E-state index contributed by atoms with van der Waals surface area (Å²) in [6.45, 7) is 1.75. The smallest absolute Gasteiger partial charge is 0.475 e. The van der Waals surface area contributed by atoms with Gasteiger partial charge >= 0.3 is 12.1 Å². The van der Waals surface area contributed by atoms with Crippen molar-refractivity contribution in [2.45, 2.75) is 43.8 Å². The molecule has 0 saturated carbocycles. The Morgan fingerprint density at radius 2 is 1.83 bits per heavy atom. The van der Waals surface area contributed by atoms with Crippen LogP contribution in [0.5, 0.6) is 0 Å². The van der Waals surface area contributed by atoms with Gasteiger partial charge in [0.1, 0.15) is 11.9 Å². The number of carbonyl (C=O) groups is 3. The van der Waals surface area contributed by atoms with Crippen LogP contribution in [0.3, 0.4) is 0 Å². The van der Waals surface area contributed by atoms with Crippen LogP contribution in [0.4, 0.5) is 23.2 Å². The summed E-state index contributed by atoms with van der Waals surface area (Å²) in [5.41, 5.74) is 0.958. The van der Waals surface area contributed by atoms with Crippen molar-refractivity contribution in [2.75, 3.05) is 18.4 Å². The number of hydrogen-bond donors (Lipinski definition) is 4. The molecule has 3 heterocycles. The van der Waals surface area contributed by atoms with Crippen LogP contribution in [0.2, 0.25) is 0 Å². The monoisotopic (exact) mass is 420 g/mol. The number of piperidine rings is 2. The molecule has 0 spiro atoms. The Hall–Kier alpha value is -2.76. The molecule has 0 aromatic carbocycles. The van der Waals surface area contributed by atoms with Crippen LogP contribution >= 0.6 is 0 Å². The lowest BCUT2D eigenvalue weighted by molar-refractivity contribution is -0.192. The Morgan fingerprint density at radius 1 is 1.21 bits per heavy atom. The quantitative estimate of drug-likeness (QED) is 0.432. The van der Waals surface area contributed by atoms with Gasteiger partial charge in [0.05, 0.1) is 17.6 Å². The Labute approximate surface area is 163 Å². The molecule has 2 aliphatic heterocycles. The summed E-state index contributed by atoms with van der Waals surface area (Å²) in [6, 6.07) is 0.859. The molecule has 0 radical (unpaired) electrons. The highest BCUT2D eigenvalue weighted by molar-refractivity contribution is 6.01. The number of carboxylic acid groups (broad SMARTS) is 1. The van der Waals surface area contributed by atoms with Crippen LogP contribution in [-0.4, -0.2) is 53.2 Å². The van der Waals surface area contributed by atoms with Gasteiger partial charge in [-0.05, 0) is 32.4 Å². The predicted molar refractivity (Wildman–Crippen MR) is 92.5 cm³/mol. The predicted octanol–water partition coefficient (Wildman–Crippen LogP) is 1.54. The van der Waals surface area contributed by atoms with Gasteiger partial charge in [-0.1, -0.05) is 0 Å². The van der Waals surface area contributed by atoms with E-state index in [9.17, 15) is 27.2 Å². The van der Waals surface area contributed by atoms with Crippen LogP contribution in [0.15, 0.2) is 12.3 Å². The van der Waals surface area contributed by atoms with Crippen molar-refractivity contribution in [2.24, 2.45) is 0 Å². The van der Waals surface area contributed by atoms with Crippen molar-refractivity contribution < 1.29 is 37.1 Å². The fourth-order valence-corrected chi connectivity index (χ4v) is 2.96. The molecule has 2 saturated heterocycles. The second-order valence-corrected chi connectivity index (χ2v) is 6.57. The third kappa shape index (κ3) is 6.66. The van der Waals surface area contributed by atoms with E-state index in [2.05, 4.69) is 20.9 Å². The highest BCUT2D eigenvalue weighted by Crippen LogP contribution is 2.27. The SMILES string of the molecule is O=C(O)C(F)(F)F.O=C1CCC(Nc2cnc(C3CCNCC3)c(F)c2)C(=O)N1. The lowest BCUT2D eigenvalue weighted by Gasteiger charge is -2.24. The second-order valence-electron chi connectivity index (χ2n) is 6.57. The average molecular weight is 420 g/mol. The molecular weight excluding hydrogens is 400 g/mol. The maximum Gasteiger partial charge on any atom is 0.490 e. The molecule has 2 amide bonds. The van der Waals surface area contributed by atoms with Crippen LogP contribution in [0.25, 0.3) is 0 Å². The van der Waals surface area contributed by atoms with Gasteiger partial charge in [-0.2, -0.15) is 13.2 Å². The highest BCUT2D eigenvalue weighted by atomic mass is 19.4. The van der Waals surface area contributed by atoms with E-state index in [0.717, 1.165) is 25.9 Å². The summed E-state index contributed by atoms with van der Waals surface area (Å²) in [7, 11) is 0. The van der Waals surface area contributed by atoms with Crippen LogP contribution < -0.4 is 16.0 Å². The number of anilines is 1. The van der Waals surface area contributed by atoms with E-state index in [1.54, 1.807) is 6.20 Å². The van der Waals surface area contributed by atoms with Gasteiger partial charge in [-0.3, -0.25) is 19.9 Å². The zero-order valence-electron chi connectivity index (χ0n) is 15.2. The van der Waals surface area contributed by atoms with Crippen molar-refractivity contribution in [3.63, 3.8) is 0 Å². The average Bonchev–Trinajstić information content (AvgIpc) is 2.65. The van der Waals surface area contributed by atoms with Crippen LogP contribution in [0, 0.1) is 5.82 Å². The number of hydrogen-bond acceptors (Lipinski definition) is 6. The first-order valence-electron chi connectivity index (χ1n) is 8.84. The summed E-state index contributed by atoms with van der Waals surface area (Å²) >= 11 is 0. The Kier molecular flexibility index (Phi) is 7.48. The molecule has 1 aromatic heterocycles. The number of nitrogens with zero attached hydrogens (tertiary/aromatic N) is 1. The fraction of sp³-hybridized carbons (Fsp3) is 0.529. The van der Waals surface area contributed by atoms with E-state index in [-0.39, 0.29) is 30.0 Å². The minimum Gasteiger partial charge on any atom is -0.475 e. The number of alkyl halides is 3. The molecule has 2 fully saturated rings. The third-order valence-corrected chi connectivity index (χ3v) is 4.42. The standard InChI is InChI=1S/C15H19FN4O2.C2HF3O2/c16-11-7-10(19-12-1-2-13(21)20-15(12)22)8-18-14(11)9-3-5-17-6-4-9;3-2(4,5)1(6)7/h7-9,12,17,19H,1-6H2,(H,20,21,22);(H,6,7). The number of pyridine rings is 1. The Balaban J connectivity index is 0.000000370. The molecule has 8 nitrogen and oxygen atoms in total. The van der Waals surface area contributed by atoms with E-state index >= 15 is 0 Å². The summed E-state index contributed by atoms with van der Waals surface area (Å²) in [6.07, 6.45) is -1.08. The molecular formula is C17H20F4N4O4. The van der Waals surface area contributed by atoms with E-state index in [1.807, 2.05) is 0 Å². The molecule has 1 aromatic rings. The van der Waals surface area contributed by atoms with Crippen molar-refractivity contribution in [3.8, 4) is 0 Å². The first-order valence-corrected chi connectivity index (χ1v) is 8.84. The van der Waals surface area contributed by atoms with Gasteiger partial charge in [-0.15, -0.1) is 0 Å². The first kappa shape index (κ1) is 22.5. The van der Waals surface area contributed by atoms with Crippen molar-refractivity contribution in [3.05, 3.63) is 23.8 Å². The van der Waals surface area contributed by atoms with Gasteiger partial charge in [0.25, 0.3) is 0 Å². The minimum absolute atomic E-state index is 0.144. The lowest BCUT2D eigenvalue weighted by Crippen LogP contribution is -2.47. The second kappa shape index (κ2) is 9.63. The Bertz CT molecular complexity index is 766. The largest absolute Gasteiger partial charge is 0.490 e. The van der Waals surface area contributed by atoms with Crippen molar-refractivity contribution in [1.29, 1.82) is 0 Å². The fourth-order valence-electron chi connectivity index (χ4n) is 2.96. The number of imide groups is 1. The zero-order valence-corrected chi connectivity index (χ0v) is 15.2. The van der Waals surface area contributed by atoms with Crippen molar-refractivity contribution in [1.82, 2.24) is 15.6 Å². The van der Waals surface area contributed by atoms with Crippen LogP contribution in [-0.2, 0) is 14.4 Å². The summed E-state index contributed by atoms with van der Waals surface area (Å²) in [4.78, 5) is 35.9. The van der Waals surface area contributed by atoms with Crippen molar-refractivity contribution >= 4 is 23.5 Å². The normalized spacial score (nSPS) is 20.3. The number of carboxylic acids is 1. The molecule has 3 rings (SSSR count). The summed E-state index contributed by atoms with van der Waals surface area (Å²) in [5.74, 6) is -3.60. The van der Waals surface area contributed by atoms with Crippen LogP contribution in [0.1, 0.15) is 37.3 Å². The number of aliphatic carboxylic acids is 1. The lowest BCUT2D eigenvalue weighted by atomic mass is 9.94. The van der Waals surface area contributed by atoms with Gasteiger partial charge in [0, 0.05) is 18.4 Å². The Morgan fingerprint density at radius 3 is 2.34 bits per heavy atom. The van der Waals surface area contributed by atoms with E-state index < -0.39 is 18.2 Å². The van der Waals surface area contributed by atoms with E-state index in [1.165, 1.54) is 6.07 Å². The van der Waals surface area contributed by atoms with E-state index in [0.29, 0.717) is 17.8 Å². The number of nitrogens with one attached hydrogen (secondary N) is 3. The molecule has 160 valence electrons. The number of halogens is 4. The molecule has 2 aliphatic rings. The molecule has 1 unspecified atom stereocenters. The van der Waals surface area contributed by atoms with E-state index in [4.69, 9.17) is 9.90 Å². The molecule has 0 bridgehead atoms. The van der Waals surface area contributed by atoms with Gasteiger partial charge < -0.3 is 15.7 Å². The summed E-state index contributed by atoms with van der Waals surface area (Å²) < 4.78 is 46.0. The molecule has 12 heteroatoms. The number of carbonyl (C=O) groups excluding carboxylic acids is 2. The number of amides is 2. The highest BCUT2D eigenvalue weighted by Gasteiger charge is 2.38. The summed E-state index contributed by atoms with van der Waals surface area (Å²) in [5, 5.41) is 15.6. The van der Waals surface area contributed by atoms with Gasteiger partial charge in [0.15, 0.2) is 0 Å². The molecule has 4 N–H and O–H groups in total. The zero-order chi connectivity index (χ0) is 21.6. The van der Waals surface area contributed by atoms with Gasteiger partial charge in [0.2, 0.25) is 11.8 Å². The molecule has 0 aliphatic carbocycles. The topological polar surface area (TPSA) is 120 Å². The maximum absolute atomic E-state index is 14.3. The number of rotatable bonds is 3. The maximum atomic E-state index is 14.3. The van der Waals surface area contributed by atoms with Gasteiger partial charge in [-0.25, -0.2) is 9.18 Å². The number of aromatic nitrogens is 1. The first-order chi connectivity index (χ1) is 13.6. The minimum atomic E-state index is -5.08. The molecule has 29 heavy (non-hydrogen) atoms.